The molecule has 0 saturated carbocycles. The van der Waals surface area contributed by atoms with Crippen LogP contribution in [0.3, 0.4) is 0 Å². The lowest BCUT2D eigenvalue weighted by atomic mass is 10.1. The number of hydrogen-bond acceptors (Lipinski definition) is 6. The van der Waals surface area contributed by atoms with Gasteiger partial charge >= 0.3 is 12.1 Å². The molecule has 3 aromatic rings. The van der Waals surface area contributed by atoms with Crippen molar-refractivity contribution in [2.24, 2.45) is 0 Å². The Bertz CT molecular complexity index is 1080. The van der Waals surface area contributed by atoms with E-state index in [2.05, 4.69) is 25.9 Å². The van der Waals surface area contributed by atoms with Crippen molar-refractivity contribution < 1.29 is 32.3 Å². The lowest BCUT2D eigenvalue weighted by molar-refractivity contribution is -0.192. The molecule has 0 unspecified atom stereocenters. The Labute approximate surface area is 198 Å². The SMILES string of the molecule is O=C(CCNc1ccnc(NCCc2ccc(F)cc2)n1)Nc1ccccc1.O=C(O)C(F)(F)F. The minimum atomic E-state index is -5.08. The fourth-order valence-electron chi connectivity index (χ4n) is 2.56. The van der Waals surface area contributed by atoms with Crippen molar-refractivity contribution in [1.29, 1.82) is 0 Å². The third-order valence-electron chi connectivity index (χ3n) is 4.22. The Balaban J connectivity index is 0.000000540. The van der Waals surface area contributed by atoms with Gasteiger partial charge in [-0.25, -0.2) is 14.2 Å². The minimum Gasteiger partial charge on any atom is -0.475 e. The molecule has 4 N–H and O–H groups in total. The van der Waals surface area contributed by atoms with E-state index in [1.54, 1.807) is 24.4 Å². The number of benzene rings is 2. The van der Waals surface area contributed by atoms with Crippen molar-refractivity contribution >= 4 is 29.3 Å². The number of alkyl halides is 3. The molecule has 0 atom stereocenters. The number of amides is 1. The molecule has 0 fully saturated rings. The molecule has 0 spiro atoms. The van der Waals surface area contributed by atoms with E-state index in [0.717, 1.165) is 17.7 Å². The lowest BCUT2D eigenvalue weighted by Crippen LogP contribution is -2.21. The molecule has 0 aliphatic rings. The molecule has 0 aliphatic carbocycles. The summed E-state index contributed by atoms with van der Waals surface area (Å²) in [6, 6.07) is 17.5. The van der Waals surface area contributed by atoms with Crippen molar-refractivity contribution in [3.8, 4) is 0 Å². The number of rotatable bonds is 9. The number of aromatic nitrogens is 2. The largest absolute Gasteiger partial charge is 0.490 e. The molecule has 0 aliphatic heterocycles. The van der Waals surface area contributed by atoms with Gasteiger partial charge in [0, 0.05) is 31.4 Å². The Hall–Kier alpha value is -4.22. The molecule has 3 rings (SSSR count). The number of carbonyl (C=O) groups is 2. The van der Waals surface area contributed by atoms with Gasteiger partial charge in [-0.15, -0.1) is 0 Å². The standard InChI is InChI=1S/C21H22FN5O.C2HF3O2/c22-17-8-6-16(7-9-17)10-13-24-21-25-14-11-19(27-21)23-15-12-20(28)26-18-4-2-1-3-5-18;3-2(4,5)1(6)7/h1-9,11,14H,10,12-13,15H2,(H,26,28)(H2,23,24,25,27);(H,6,7). The van der Waals surface area contributed by atoms with E-state index in [0.29, 0.717) is 31.3 Å². The summed E-state index contributed by atoms with van der Waals surface area (Å²) in [6.07, 6.45) is -2.37. The molecule has 8 nitrogen and oxygen atoms in total. The van der Waals surface area contributed by atoms with Gasteiger partial charge in [-0.3, -0.25) is 4.79 Å². The fraction of sp³-hybridized carbons (Fsp3) is 0.217. The van der Waals surface area contributed by atoms with Gasteiger partial charge in [0.1, 0.15) is 11.6 Å². The van der Waals surface area contributed by atoms with Crippen LogP contribution in [-0.2, 0) is 16.0 Å². The van der Waals surface area contributed by atoms with Crippen LogP contribution in [0.1, 0.15) is 12.0 Å². The summed E-state index contributed by atoms with van der Waals surface area (Å²) in [5.74, 6) is -1.91. The van der Waals surface area contributed by atoms with Crippen LogP contribution >= 0.6 is 0 Å². The van der Waals surface area contributed by atoms with Crippen LogP contribution in [-0.4, -0.2) is 46.2 Å². The van der Waals surface area contributed by atoms with Crippen LogP contribution < -0.4 is 16.0 Å². The Morgan fingerprint density at radius 1 is 0.914 bits per heavy atom. The van der Waals surface area contributed by atoms with Gasteiger partial charge < -0.3 is 21.1 Å². The molecule has 1 aromatic heterocycles. The molecular formula is C23H23F4N5O3. The van der Waals surface area contributed by atoms with E-state index >= 15 is 0 Å². The van der Waals surface area contributed by atoms with Crippen molar-refractivity contribution in [3.63, 3.8) is 0 Å². The van der Waals surface area contributed by atoms with Crippen LogP contribution in [0.25, 0.3) is 0 Å². The zero-order valence-corrected chi connectivity index (χ0v) is 18.3. The van der Waals surface area contributed by atoms with E-state index in [1.165, 1.54) is 12.1 Å². The summed E-state index contributed by atoms with van der Waals surface area (Å²) in [6.45, 7) is 1.10. The first-order valence-corrected chi connectivity index (χ1v) is 10.3. The Kier molecular flexibility index (Phi) is 10.4. The number of anilines is 3. The number of para-hydroxylation sites is 1. The monoisotopic (exact) mass is 493 g/mol. The zero-order valence-electron chi connectivity index (χ0n) is 18.3. The number of halogens is 4. The van der Waals surface area contributed by atoms with Crippen LogP contribution in [0.5, 0.6) is 0 Å². The van der Waals surface area contributed by atoms with E-state index < -0.39 is 12.1 Å². The maximum atomic E-state index is 12.9. The number of hydrogen-bond donors (Lipinski definition) is 4. The molecule has 12 heteroatoms. The predicted octanol–water partition coefficient (Wildman–Crippen LogP) is 4.34. The van der Waals surface area contributed by atoms with Crippen LogP contribution in [0, 0.1) is 5.82 Å². The smallest absolute Gasteiger partial charge is 0.475 e. The third kappa shape index (κ3) is 11.0. The summed E-state index contributed by atoms with van der Waals surface area (Å²) in [7, 11) is 0. The van der Waals surface area contributed by atoms with E-state index in [9.17, 15) is 22.4 Å². The highest BCUT2D eigenvalue weighted by molar-refractivity contribution is 5.90. The average Bonchev–Trinajstić information content (AvgIpc) is 2.81. The first-order chi connectivity index (χ1) is 16.6. The molecule has 0 radical (unpaired) electrons. The van der Waals surface area contributed by atoms with E-state index in [1.807, 2.05) is 30.3 Å². The normalized spacial score (nSPS) is 10.5. The van der Waals surface area contributed by atoms with Gasteiger partial charge in [-0.1, -0.05) is 30.3 Å². The Morgan fingerprint density at radius 3 is 2.20 bits per heavy atom. The number of carboxylic acid groups (broad SMARTS) is 1. The highest BCUT2D eigenvalue weighted by Crippen LogP contribution is 2.13. The topological polar surface area (TPSA) is 116 Å². The second-order valence-corrected chi connectivity index (χ2v) is 6.96. The van der Waals surface area contributed by atoms with Gasteiger partial charge in [0.05, 0.1) is 0 Å². The molecule has 1 heterocycles. The van der Waals surface area contributed by atoms with Crippen LogP contribution in [0.2, 0.25) is 0 Å². The molecule has 0 bridgehead atoms. The van der Waals surface area contributed by atoms with Crippen molar-refractivity contribution in [2.75, 3.05) is 29.0 Å². The molecule has 0 saturated heterocycles. The second kappa shape index (κ2) is 13.5. The highest BCUT2D eigenvalue weighted by Gasteiger charge is 2.38. The molecule has 186 valence electrons. The first-order valence-electron chi connectivity index (χ1n) is 10.3. The molecular weight excluding hydrogens is 470 g/mol. The quantitative estimate of drug-likeness (QED) is 0.328. The summed E-state index contributed by atoms with van der Waals surface area (Å²) < 4.78 is 44.6. The van der Waals surface area contributed by atoms with Gasteiger partial charge in [0.25, 0.3) is 0 Å². The minimum absolute atomic E-state index is 0.0644. The van der Waals surface area contributed by atoms with Gasteiger partial charge in [-0.05, 0) is 42.3 Å². The fourth-order valence-corrected chi connectivity index (χ4v) is 2.56. The number of aliphatic carboxylic acids is 1. The summed E-state index contributed by atoms with van der Waals surface area (Å²) in [5.41, 5.74) is 1.81. The Morgan fingerprint density at radius 2 is 1.57 bits per heavy atom. The second-order valence-electron chi connectivity index (χ2n) is 6.96. The summed E-state index contributed by atoms with van der Waals surface area (Å²) >= 11 is 0. The predicted molar refractivity (Wildman–Crippen MR) is 122 cm³/mol. The van der Waals surface area contributed by atoms with E-state index in [4.69, 9.17) is 9.90 Å². The van der Waals surface area contributed by atoms with Crippen LogP contribution in [0.4, 0.5) is 35.0 Å². The number of nitrogens with one attached hydrogen (secondary N) is 3. The molecule has 2 aromatic carbocycles. The average molecular weight is 493 g/mol. The first kappa shape index (κ1) is 27.0. The van der Waals surface area contributed by atoms with Gasteiger partial charge in [0.2, 0.25) is 11.9 Å². The van der Waals surface area contributed by atoms with Crippen molar-refractivity contribution in [1.82, 2.24) is 9.97 Å². The van der Waals surface area contributed by atoms with Gasteiger partial charge in [0.15, 0.2) is 0 Å². The summed E-state index contributed by atoms with van der Waals surface area (Å²) in [5, 5.41) is 16.2. The molecule has 35 heavy (non-hydrogen) atoms. The number of carbonyl (C=O) groups excluding carboxylic acids is 1. The molecule has 1 amide bonds. The summed E-state index contributed by atoms with van der Waals surface area (Å²) in [4.78, 5) is 29.4. The number of nitrogens with zero attached hydrogens (tertiary/aromatic N) is 2. The van der Waals surface area contributed by atoms with Crippen LogP contribution in [0.15, 0.2) is 66.9 Å². The zero-order chi connectivity index (χ0) is 25.7. The highest BCUT2D eigenvalue weighted by atomic mass is 19.4. The van der Waals surface area contributed by atoms with Gasteiger partial charge in [-0.2, -0.15) is 18.2 Å². The maximum Gasteiger partial charge on any atom is 0.490 e. The maximum absolute atomic E-state index is 12.9. The van der Waals surface area contributed by atoms with E-state index in [-0.39, 0.29) is 11.7 Å². The lowest BCUT2D eigenvalue weighted by Gasteiger charge is -2.09. The van der Waals surface area contributed by atoms with Crippen molar-refractivity contribution in [2.45, 2.75) is 19.0 Å². The van der Waals surface area contributed by atoms with Crippen molar-refractivity contribution in [3.05, 3.63) is 78.2 Å². The number of carboxylic acids is 1. The third-order valence-corrected chi connectivity index (χ3v) is 4.22.